The number of nitrogens with one attached hydrogen (secondary N) is 2. The van der Waals surface area contributed by atoms with Crippen molar-refractivity contribution >= 4 is 45.9 Å². The van der Waals surface area contributed by atoms with Gasteiger partial charge in [0.1, 0.15) is 60.9 Å². The smallest absolute Gasteiger partial charge is 0.407 e. The zero-order valence-corrected chi connectivity index (χ0v) is 59.1. The van der Waals surface area contributed by atoms with Crippen molar-refractivity contribution in [1.29, 1.82) is 0 Å². The summed E-state index contributed by atoms with van der Waals surface area (Å²) in [5.41, 5.74) is 12.9. The molecule has 0 fully saturated rings. The van der Waals surface area contributed by atoms with E-state index in [9.17, 15) is 9.59 Å². The van der Waals surface area contributed by atoms with E-state index in [1.807, 2.05) is 138 Å². The lowest BCUT2D eigenvalue weighted by Crippen LogP contribution is -2.43. The number of amides is 2. The molecule has 510 valence electrons. The first kappa shape index (κ1) is 67.0. The molecule has 2 amide bonds. The molecule has 2 N–H and O–H groups in total. The Hall–Kier alpha value is -11.2. The lowest BCUT2D eigenvalue weighted by atomic mass is 9.77. The van der Waals surface area contributed by atoms with Crippen LogP contribution in [0.5, 0.6) is 28.7 Å². The minimum Gasteiger partial charge on any atom is -0.497 e. The molecule has 14 rings (SSSR count). The van der Waals surface area contributed by atoms with Crippen LogP contribution < -0.4 is 34.3 Å². The Labute approximate surface area is 591 Å². The van der Waals surface area contributed by atoms with Crippen LogP contribution in [0.4, 0.5) is 9.59 Å². The SMILES string of the molecule is C=C(/C=C\C(=C/C)OCCOC(=O)NC(C)(C)c1cccc(C(C)(C)NC(=O)OCCOc2ccc(C3(c4ccc(OC)cc4)C=Cc4c5c(c6ccccc6c4O3)-c3ccccc3C5(C)C)cc2)c1)C1(c2ccc(OC)cc2)C=Cc2c3c(c4ccccc4c2O1)-c1ccccc1C3(C)C. The van der Waals surface area contributed by atoms with E-state index < -0.39 is 34.5 Å². The molecule has 10 aromatic rings. The van der Waals surface area contributed by atoms with Gasteiger partial charge in [0.05, 0.1) is 25.3 Å². The van der Waals surface area contributed by atoms with Crippen molar-refractivity contribution in [3.8, 4) is 51.0 Å². The highest BCUT2D eigenvalue weighted by Gasteiger charge is 2.47. The van der Waals surface area contributed by atoms with Gasteiger partial charge >= 0.3 is 12.2 Å². The van der Waals surface area contributed by atoms with Crippen LogP contribution in [0, 0.1) is 0 Å². The number of ether oxygens (including phenoxy) is 8. The van der Waals surface area contributed by atoms with Crippen molar-refractivity contribution in [2.45, 2.75) is 95.4 Å². The maximum absolute atomic E-state index is 13.5. The van der Waals surface area contributed by atoms with Crippen LogP contribution in [0.1, 0.15) is 124 Å². The van der Waals surface area contributed by atoms with E-state index in [1.54, 1.807) is 14.2 Å². The Morgan fingerprint density at radius 3 is 1.43 bits per heavy atom. The van der Waals surface area contributed by atoms with Gasteiger partial charge in [-0.2, -0.15) is 0 Å². The molecule has 2 unspecified atom stereocenters. The maximum atomic E-state index is 13.5. The van der Waals surface area contributed by atoms with Crippen molar-refractivity contribution in [2.24, 2.45) is 0 Å². The van der Waals surface area contributed by atoms with E-state index >= 15 is 0 Å². The molecule has 2 aliphatic carbocycles. The molecule has 0 saturated heterocycles. The number of allylic oxidation sites excluding steroid dienone is 2. The number of fused-ring (bicyclic) bond motifs is 16. The van der Waals surface area contributed by atoms with Gasteiger partial charge in [0.2, 0.25) is 0 Å². The number of benzene rings is 10. The second-order valence-electron chi connectivity index (χ2n) is 28.3. The van der Waals surface area contributed by atoms with E-state index in [2.05, 4.69) is 178 Å². The summed E-state index contributed by atoms with van der Waals surface area (Å²) in [6.07, 6.45) is 13.1. The Bertz CT molecular complexity index is 5050. The molecule has 10 aromatic carbocycles. The summed E-state index contributed by atoms with van der Waals surface area (Å²) in [5.74, 6) is 4.26. The van der Waals surface area contributed by atoms with Crippen LogP contribution in [0.15, 0.2) is 242 Å². The molecule has 2 aliphatic heterocycles. The van der Waals surface area contributed by atoms with Gasteiger partial charge in [-0.15, -0.1) is 0 Å². The van der Waals surface area contributed by atoms with Crippen LogP contribution in [0.2, 0.25) is 0 Å². The molecular formula is C89H84N2O10. The molecule has 0 aromatic heterocycles. The van der Waals surface area contributed by atoms with Gasteiger partial charge in [0.25, 0.3) is 0 Å². The van der Waals surface area contributed by atoms with Crippen molar-refractivity contribution in [2.75, 3.05) is 40.6 Å². The van der Waals surface area contributed by atoms with Crippen LogP contribution in [-0.4, -0.2) is 52.8 Å². The monoisotopic (exact) mass is 1340 g/mol. The van der Waals surface area contributed by atoms with Gasteiger partial charge in [0.15, 0.2) is 11.2 Å². The fourth-order valence-corrected chi connectivity index (χ4v) is 15.4. The molecule has 4 aliphatic rings. The highest BCUT2D eigenvalue weighted by atomic mass is 16.6. The summed E-state index contributed by atoms with van der Waals surface area (Å²) in [6.45, 7) is 23.5. The Morgan fingerprint density at radius 2 is 0.921 bits per heavy atom. The first-order chi connectivity index (χ1) is 48.6. The van der Waals surface area contributed by atoms with Gasteiger partial charge in [-0.1, -0.05) is 210 Å². The average Bonchev–Trinajstić information content (AvgIpc) is 1.64. The molecular weight excluding hydrogens is 1260 g/mol. The van der Waals surface area contributed by atoms with Crippen molar-refractivity contribution in [3.05, 3.63) is 304 Å². The Balaban J connectivity index is 0.582. The van der Waals surface area contributed by atoms with E-state index in [0.717, 1.165) is 83.5 Å². The minimum absolute atomic E-state index is 0.00371. The zero-order chi connectivity index (χ0) is 70.6. The summed E-state index contributed by atoms with van der Waals surface area (Å²) in [6, 6.07) is 66.0. The lowest BCUT2D eigenvalue weighted by molar-refractivity contribution is 0.100. The molecule has 101 heavy (non-hydrogen) atoms. The molecule has 12 nitrogen and oxygen atoms in total. The number of methoxy groups -OCH3 is 2. The van der Waals surface area contributed by atoms with E-state index in [0.29, 0.717) is 17.1 Å². The number of carbonyl (C=O) groups is 2. The van der Waals surface area contributed by atoms with Gasteiger partial charge in [-0.3, -0.25) is 0 Å². The van der Waals surface area contributed by atoms with Crippen LogP contribution >= 0.6 is 0 Å². The van der Waals surface area contributed by atoms with Crippen molar-refractivity contribution in [1.82, 2.24) is 10.6 Å². The standard InChI is InChI=1S/C89H84N2O10/c1-13-62(40-33-56(2)88(57-34-41-63(94-11)42-35-57)49-47-72-78-76(66-25-14-16-27-68(66)80(72)100-88)70-29-18-20-31-74(70)84(78,3)4)96-51-53-98-82(92)90-86(7,8)60-23-22-24-61(55-60)87(9,10)91-83(93)99-54-52-97-65-45-38-59(39-46-65)89(58-36-43-64(95-12)44-37-58)50-48-73-79-77(67-26-15-17-28-69(67)81(73)101-89)71-30-19-21-32-75(71)85(79,5)6/h13-50,55H,2,51-54H2,1,3-12H3,(H,90,92)(H,91,93)/b40-33-,62-13+. The molecule has 2 heterocycles. The molecule has 0 spiro atoms. The second-order valence-corrected chi connectivity index (χ2v) is 28.3. The third-order valence-corrected chi connectivity index (χ3v) is 20.7. The summed E-state index contributed by atoms with van der Waals surface area (Å²) in [4.78, 5) is 26.9. The van der Waals surface area contributed by atoms with Crippen molar-refractivity contribution < 1.29 is 47.5 Å². The fourth-order valence-electron chi connectivity index (χ4n) is 15.4. The summed E-state index contributed by atoms with van der Waals surface area (Å²) in [7, 11) is 3.32. The first-order valence-corrected chi connectivity index (χ1v) is 34.5. The zero-order valence-electron chi connectivity index (χ0n) is 59.1. The molecule has 0 saturated carbocycles. The van der Waals surface area contributed by atoms with Gasteiger partial charge in [-0.25, -0.2) is 9.59 Å². The largest absolute Gasteiger partial charge is 0.497 e. The highest BCUT2D eigenvalue weighted by molar-refractivity contribution is 6.10. The molecule has 0 bridgehead atoms. The van der Waals surface area contributed by atoms with Crippen molar-refractivity contribution in [3.63, 3.8) is 0 Å². The third-order valence-electron chi connectivity index (χ3n) is 20.7. The number of hydrogen-bond acceptors (Lipinski definition) is 10. The number of carbonyl (C=O) groups excluding carboxylic acids is 2. The Morgan fingerprint density at radius 1 is 0.485 bits per heavy atom. The lowest BCUT2D eigenvalue weighted by Gasteiger charge is -2.38. The van der Waals surface area contributed by atoms with E-state index in [1.165, 1.54) is 44.5 Å². The van der Waals surface area contributed by atoms with E-state index in [-0.39, 0.29) is 37.3 Å². The van der Waals surface area contributed by atoms with Gasteiger partial charge < -0.3 is 48.5 Å². The van der Waals surface area contributed by atoms with Crippen LogP contribution in [-0.2, 0) is 47.3 Å². The fraction of sp³-hybridized carbons (Fsp3) is 0.236. The number of rotatable bonds is 20. The van der Waals surface area contributed by atoms with E-state index in [4.69, 9.17) is 37.9 Å². The summed E-state index contributed by atoms with van der Waals surface area (Å²) < 4.78 is 49.8. The predicted octanol–water partition coefficient (Wildman–Crippen LogP) is 20.0. The number of hydrogen-bond donors (Lipinski definition) is 2. The summed E-state index contributed by atoms with van der Waals surface area (Å²) in [5, 5.41) is 10.4. The average molecular weight is 1340 g/mol. The second kappa shape index (κ2) is 26.1. The third kappa shape index (κ3) is 11.8. The normalized spacial score (nSPS) is 17.3. The first-order valence-electron chi connectivity index (χ1n) is 34.5. The molecule has 2 atom stereocenters. The van der Waals surface area contributed by atoms with Gasteiger partial charge in [-0.05, 0) is 167 Å². The van der Waals surface area contributed by atoms with Crippen LogP contribution in [0.3, 0.4) is 0 Å². The number of alkyl carbamates (subject to hydrolysis) is 2. The predicted molar refractivity (Wildman–Crippen MR) is 402 cm³/mol. The molecule has 12 heteroatoms. The minimum atomic E-state index is -1.10. The van der Waals surface area contributed by atoms with Crippen LogP contribution in [0.25, 0.3) is 56.0 Å². The summed E-state index contributed by atoms with van der Waals surface area (Å²) >= 11 is 0. The highest BCUT2D eigenvalue weighted by Crippen LogP contribution is 2.60. The topological polar surface area (TPSA) is 132 Å². The quantitative estimate of drug-likeness (QED) is 0.0432. The Kier molecular flexibility index (Phi) is 17.3. The molecule has 0 radical (unpaired) electrons. The maximum Gasteiger partial charge on any atom is 0.407 e. The van der Waals surface area contributed by atoms with Gasteiger partial charge in [0, 0.05) is 49.4 Å².